The first-order chi connectivity index (χ1) is 16.9. The van der Waals surface area contributed by atoms with Gasteiger partial charge in [-0.15, -0.1) is 0 Å². The highest BCUT2D eigenvalue weighted by molar-refractivity contribution is 6.31. The molecule has 0 spiro atoms. The lowest BCUT2D eigenvalue weighted by atomic mass is 9.71. The molecule has 0 saturated carbocycles. The predicted octanol–water partition coefficient (Wildman–Crippen LogP) is 3.96. The van der Waals surface area contributed by atoms with E-state index in [-0.39, 0.29) is 34.7 Å². The van der Waals surface area contributed by atoms with Crippen LogP contribution in [0.15, 0.2) is 35.3 Å². The molecule has 192 valence electrons. The normalized spacial score (nSPS) is 16.7. The second-order valence-electron chi connectivity index (χ2n) is 11.2. The highest BCUT2D eigenvalue weighted by Crippen LogP contribution is 2.40. The Bertz CT molecular complexity index is 1350. The summed E-state index contributed by atoms with van der Waals surface area (Å²) in [6, 6.07) is 7.54. The molecule has 3 aromatic rings. The Morgan fingerprint density at radius 2 is 1.86 bits per heavy atom. The number of rotatable bonds is 6. The van der Waals surface area contributed by atoms with Crippen LogP contribution in [-0.4, -0.2) is 47.2 Å². The third-order valence-corrected chi connectivity index (χ3v) is 6.86. The largest absolute Gasteiger partial charge is 0.478 e. The SMILES string of the molecule is CNC(=O)COc1cc2cc(Cc3nc(N4CC(C)(C)CC(C)(C)C4)ncc3Cl)ccc2n(C)c1=O. The van der Waals surface area contributed by atoms with Crippen molar-refractivity contribution in [2.24, 2.45) is 17.9 Å². The number of piperidine rings is 1. The van der Waals surface area contributed by atoms with Gasteiger partial charge < -0.3 is 19.5 Å². The van der Waals surface area contributed by atoms with Gasteiger partial charge in [0, 0.05) is 39.0 Å². The number of nitrogens with one attached hydrogen (secondary N) is 1. The Morgan fingerprint density at radius 3 is 2.53 bits per heavy atom. The summed E-state index contributed by atoms with van der Waals surface area (Å²) >= 11 is 6.52. The zero-order valence-corrected chi connectivity index (χ0v) is 22.6. The van der Waals surface area contributed by atoms with E-state index in [0.29, 0.717) is 17.4 Å². The summed E-state index contributed by atoms with van der Waals surface area (Å²) in [4.78, 5) is 35.9. The molecule has 1 aliphatic rings. The van der Waals surface area contributed by atoms with Crippen LogP contribution in [0.2, 0.25) is 5.02 Å². The van der Waals surface area contributed by atoms with Crippen LogP contribution in [0.25, 0.3) is 10.9 Å². The van der Waals surface area contributed by atoms with Gasteiger partial charge in [-0.25, -0.2) is 9.97 Å². The lowest BCUT2D eigenvalue weighted by Crippen LogP contribution is -2.49. The highest BCUT2D eigenvalue weighted by atomic mass is 35.5. The standard InChI is InChI=1S/C27H34ClN5O3/c1-26(2)14-27(3,4)16-33(15-26)25-30-12-19(28)20(31-25)10-17-7-8-21-18(9-17)11-22(24(35)32(21)6)36-13-23(34)29-5/h7-9,11-12H,10,13-16H2,1-6H3,(H,29,34). The molecule has 3 heterocycles. The molecule has 0 aliphatic carbocycles. The number of carbonyl (C=O) groups excluding carboxylic acids is 1. The van der Waals surface area contributed by atoms with Crippen molar-refractivity contribution in [2.45, 2.75) is 40.5 Å². The zero-order valence-electron chi connectivity index (χ0n) is 21.8. The second kappa shape index (κ2) is 9.73. The summed E-state index contributed by atoms with van der Waals surface area (Å²) in [5.74, 6) is 0.521. The van der Waals surface area contributed by atoms with Gasteiger partial charge in [-0.2, -0.15) is 0 Å². The number of hydrogen-bond donors (Lipinski definition) is 1. The van der Waals surface area contributed by atoms with Crippen molar-refractivity contribution in [3.63, 3.8) is 0 Å². The summed E-state index contributed by atoms with van der Waals surface area (Å²) in [6.45, 7) is 10.7. The third kappa shape index (κ3) is 5.64. The Balaban J connectivity index is 1.63. The molecule has 9 heteroatoms. The monoisotopic (exact) mass is 511 g/mol. The Hall–Kier alpha value is -3.13. The maximum absolute atomic E-state index is 12.7. The number of nitrogens with zero attached hydrogens (tertiary/aromatic N) is 4. The molecule has 1 amide bonds. The first-order valence-electron chi connectivity index (χ1n) is 12.1. The van der Waals surface area contributed by atoms with Gasteiger partial charge >= 0.3 is 0 Å². The molecular weight excluding hydrogens is 478 g/mol. The quantitative estimate of drug-likeness (QED) is 0.539. The number of halogens is 1. The van der Waals surface area contributed by atoms with Gasteiger partial charge in [0.15, 0.2) is 12.4 Å². The number of pyridine rings is 1. The highest BCUT2D eigenvalue weighted by Gasteiger charge is 2.38. The van der Waals surface area contributed by atoms with Gasteiger partial charge in [0.1, 0.15) is 0 Å². The van der Waals surface area contributed by atoms with Gasteiger partial charge in [0.05, 0.1) is 22.4 Å². The van der Waals surface area contributed by atoms with E-state index in [1.54, 1.807) is 19.3 Å². The minimum atomic E-state index is -0.305. The summed E-state index contributed by atoms with van der Waals surface area (Å²) in [5.41, 5.74) is 2.54. The number of amides is 1. The maximum Gasteiger partial charge on any atom is 0.293 e. The van der Waals surface area contributed by atoms with E-state index >= 15 is 0 Å². The Kier molecular flexibility index (Phi) is 7.01. The van der Waals surface area contributed by atoms with Crippen LogP contribution < -0.4 is 20.5 Å². The summed E-state index contributed by atoms with van der Waals surface area (Å²) in [7, 11) is 3.21. The van der Waals surface area contributed by atoms with Crippen molar-refractivity contribution in [3.05, 3.63) is 57.1 Å². The lowest BCUT2D eigenvalue weighted by Gasteiger charge is -2.47. The van der Waals surface area contributed by atoms with Crippen LogP contribution in [0.4, 0.5) is 5.95 Å². The van der Waals surface area contributed by atoms with E-state index in [9.17, 15) is 9.59 Å². The van der Waals surface area contributed by atoms with Crippen LogP contribution in [0, 0.1) is 10.8 Å². The molecule has 1 aliphatic heterocycles. The zero-order chi connectivity index (χ0) is 26.3. The van der Waals surface area contributed by atoms with Gasteiger partial charge in [-0.05, 0) is 41.0 Å². The minimum absolute atomic E-state index is 0.128. The molecule has 0 radical (unpaired) electrons. The number of anilines is 1. The predicted molar refractivity (Wildman–Crippen MR) is 143 cm³/mol. The van der Waals surface area contributed by atoms with Crippen LogP contribution in [0.1, 0.15) is 45.4 Å². The van der Waals surface area contributed by atoms with Crippen molar-refractivity contribution in [2.75, 3.05) is 31.6 Å². The first kappa shape index (κ1) is 25.9. The number of likely N-dealkylation sites (N-methyl/N-ethyl adjacent to an activating group) is 1. The van der Waals surface area contributed by atoms with Crippen molar-refractivity contribution >= 4 is 34.4 Å². The van der Waals surface area contributed by atoms with E-state index in [4.69, 9.17) is 21.3 Å². The summed E-state index contributed by atoms with van der Waals surface area (Å²) < 4.78 is 7.00. The number of carbonyl (C=O) groups is 1. The lowest BCUT2D eigenvalue weighted by molar-refractivity contribution is -0.122. The molecule has 4 rings (SSSR count). The minimum Gasteiger partial charge on any atom is -0.478 e. The third-order valence-electron chi connectivity index (χ3n) is 6.55. The molecular formula is C27H34ClN5O3. The average molecular weight is 512 g/mol. The maximum atomic E-state index is 12.7. The van der Waals surface area contributed by atoms with Gasteiger partial charge in [-0.1, -0.05) is 45.4 Å². The average Bonchev–Trinajstić information content (AvgIpc) is 2.79. The number of hydrogen-bond acceptors (Lipinski definition) is 6. The number of aromatic nitrogens is 3. The van der Waals surface area contributed by atoms with E-state index in [1.165, 1.54) is 11.6 Å². The molecule has 0 bridgehead atoms. The topological polar surface area (TPSA) is 89.3 Å². The van der Waals surface area contributed by atoms with Crippen LogP contribution in [-0.2, 0) is 18.3 Å². The van der Waals surface area contributed by atoms with Crippen molar-refractivity contribution in [1.82, 2.24) is 19.9 Å². The molecule has 1 fully saturated rings. The van der Waals surface area contributed by atoms with Crippen LogP contribution >= 0.6 is 11.6 Å². The number of aryl methyl sites for hydroxylation is 1. The van der Waals surface area contributed by atoms with Crippen LogP contribution in [0.3, 0.4) is 0 Å². The molecule has 1 aromatic carbocycles. The molecule has 2 aromatic heterocycles. The smallest absolute Gasteiger partial charge is 0.293 e. The summed E-state index contributed by atoms with van der Waals surface area (Å²) in [6.07, 6.45) is 3.34. The molecule has 0 unspecified atom stereocenters. The Morgan fingerprint density at radius 1 is 1.17 bits per heavy atom. The second-order valence-corrected chi connectivity index (χ2v) is 11.6. The molecule has 36 heavy (non-hydrogen) atoms. The van der Waals surface area contributed by atoms with Crippen molar-refractivity contribution < 1.29 is 9.53 Å². The van der Waals surface area contributed by atoms with Gasteiger partial charge in [0.25, 0.3) is 11.5 Å². The fraction of sp³-hybridized carbons (Fsp3) is 0.481. The van der Waals surface area contributed by atoms with E-state index in [2.05, 4.69) is 42.9 Å². The molecule has 1 N–H and O–H groups in total. The molecule has 0 atom stereocenters. The number of ether oxygens (including phenoxy) is 1. The van der Waals surface area contributed by atoms with Crippen molar-refractivity contribution in [3.8, 4) is 5.75 Å². The molecule has 1 saturated heterocycles. The van der Waals surface area contributed by atoms with Gasteiger partial charge in [0.2, 0.25) is 5.95 Å². The van der Waals surface area contributed by atoms with E-state index in [0.717, 1.165) is 41.7 Å². The van der Waals surface area contributed by atoms with Gasteiger partial charge in [-0.3, -0.25) is 9.59 Å². The molecule has 8 nitrogen and oxygen atoms in total. The fourth-order valence-electron chi connectivity index (χ4n) is 5.43. The first-order valence-corrected chi connectivity index (χ1v) is 12.5. The van der Waals surface area contributed by atoms with Crippen LogP contribution in [0.5, 0.6) is 5.75 Å². The summed E-state index contributed by atoms with van der Waals surface area (Å²) in [5, 5.41) is 3.83. The van der Waals surface area contributed by atoms with E-state index < -0.39 is 0 Å². The Labute approximate surface area is 216 Å². The fourth-order valence-corrected chi connectivity index (χ4v) is 5.59. The van der Waals surface area contributed by atoms with Crippen molar-refractivity contribution in [1.29, 1.82) is 0 Å². The van der Waals surface area contributed by atoms with E-state index in [1.807, 2.05) is 18.2 Å². The number of benzene rings is 1. The number of fused-ring (bicyclic) bond motifs is 1.